The molecule has 1 aromatic carbocycles. The second kappa shape index (κ2) is 5.16. The average molecular weight is 280 g/mol. The van der Waals surface area contributed by atoms with Crippen molar-refractivity contribution in [2.24, 2.45) is 0 Å². The lowest BCUT2D eigenvalue weighted by atomic mass is 10.2. The molecule has 0 N–H and O–H groups in total. The van der Waals surface area contributed by atoms with Gasteiger partial charge < -0.3 is 9.80 Å². The Morgan fingerprint density at radius 2 is 1.67 bits per heavy atom. The van der Waals surface area contributed by atoms with Gasteiger partial charge in [0.2, 0.25) is 0 Å². The second-order valence-electron chi connectivity index (χ2n) is 4.26. The van der Waals surface area contributed by atoms with Crippen molar-refractivity contribution in [3.05, 3.63) is 40.9 Å². The Labute approximate surface area is 116 Å². The van der Waals surface area contributed by atoms with E-state index in [-0.39, 0.29) is 0 Å². The minimum absolute atomic E-state index is 0.598. The summed E-state index contributed by atoms with van der Waals surface area (Å²) >= 11 is 7.48. The van der Waals surface area contributed by atoms with Crippen molar-refractivity contribution < 1.29 is 0 Å². The first-order chi connectivity index (χ1) is 8.83. The second-order valence-corrected chi connectivity index (χ2v) is 5.49. The minimum Gasteiger partial charge on any atom is -0.368 e. The summed E-state index contributed by atoms with van der Waals surface area (Å²) < 4.78 is 0. The molecule has 2 heterocycles. The van der Waals surface area contributed by atoms with Crippen LogP contribution in [0.5, 0.6) is 0 Å². The molecule has 0 radical (unpaired) electrons. The Morgan fingerprint density at radius 1 is 1.00 bits per heavy atom. The minimum atomic E-state index is 0.598. The van der Waals surface area contributed by atoms with Crippen LogP contribution in [0.3, 0.4) is 0 Å². The molecule has 0 unspecified atom stereocenters. The Bertz CT molecular complexity index is 506. The van der Waals surface area contributed by atoms with Crippen LogP contribution >= 0.6 is 22.9 Å². The van der Waals surface area contributed by atoms with E-state index in [4.69, 9.17) is 11.6 Å². The van der Waals surface area contributed by atoms with Gasteiger partial charge in [0.25, 0.3) is 0 Å². The first-order valence-corrected chi connectivity index (χ1v) is 7.25. The van der Waals surface area contributed by atoms with Crippen LogP contribution in [0, 0.1) is 0 Å². The number of rotatable bonds is 2. The first-order valence-electron chi connectivity index (χ1n) is 5.99. The Morgan fingerprint density at radius 3 is 2.28 bits per heavy atom. The number of piperazine rings is 1. The standard InChI is InChI=1S/C13H14ClN3S/c14-12-10-18-13(15-12)17-8-6-16(7-9-17)11-4-2-1-3-5-11/h1-5,10H,6-9H2. The summed E-state index contributed by atoms with van der Waals surface area (Å²) in [5.74, 6) is 0. The van der Waals surface area contributed by atoms with E-state index in [0.29, 0.717) is 5.15 Å². The van der Waals surface area contributed by atoms with Gasteiger partial charge in [0.1, 0.15) is 5.15 Å². The summed E-state index contributed by atoms with van der Waals surface area (Å²) in [4.78, 5) is 9.03. The van der Waals surface area contributed by atoms with Crippen LogP contribution in [-0.2, 0) is 0 Å². The fraction of sp³-hybridized carbons (Fsp3) is 0.308. The van der Waals surface area contributed by atoms with Crippen molar-refractivity contribution in [1.82, 2.24) is 4.98 Å². The number of nitrogens with zero attached hydrogens (tertiary/aromatic N) is 3. The smallest absolute Gasteiger partial charge is 0.186 e. The zero-order valence-electron chi connectivity index (χ0n) is 9.92. The van der Waals surface area contributed by atoms with Gasteiger partial charge in [-0.2, -0.15) is 0 Å². The molecular weight excluding hydrogens is 266 g/mol. The van der Waals surface area contributed by atoms with Gasteiger partial charge >= 0.3 is 0 Å². The highest BCUT2D eigenvalue weighted by Gasteiger charge is 2.19. The maximum Gasteiger partial charge on any atom is 0.186 e. The van der Waals surface area contributed by atoms with E-state index in [9.17, 15) is 0 Å². The largest absolute Gasteiger partial charge is 0.368 e. The van der Waals surface area contributed by atoms with Crippen molar-refractivity contribution in [3.8, 4) is 0 Å². The van der Waals surface area contributed by atoms with Gasteiger partial charge in [-0.3, -0.25) is 0 Å². The van der Waals surface area contributed by atoms with Crippen LogP contribution in [0.15, 0.2) is 35.7 Å². The summed E-state index contributed by atoms with van der Waals surface area (Å²) in [6, 6.07) is 10.5. The maximum absolute atomic E-state index is 5.87. The number of hydrogen-bond acceptors (Lipinski definition) is 4. The zero-order chi connectivity index (χ0) is 12.4. The SMILES string of the molecule is Clc1csc(N2CCN(c3ccccc3)CC2)n1. The molecule has 0 atom stereocenters. The molecule has 5 heteroatoms. The molecule has 1 aliphatic heterocycles. The van der Waals surface area contributed by atoms with Gasteiger partial charge in [0.05, 0.1) is 0 Å². The van der Waals surface area contributed by atoms with Crippen LogP contribution in [-0.4, -0.2) is 31.2 Å². The van der Waals surface area contributed by atoms with Crippen LogP contribution in [0.4, 0.5) is 10.8 Å². The summed E-state index contributed by atoms with van der Waals surface area (Å²) in [5.41, 5.74) is 1.30. The molecule has 3 nitrogen and oxygen atoms in total. The highest BCUT2D eigenvalue weighted by molar-refractivity contribution is 7.14. The van der Waals surface area contributed by atoms with Crippen molar-refractivity contribution in [2.75, 3.05) is 36.0 Å². The summed E-state index contributed by atoms with van der Waals surface area (Å²) in [6.07, 6.45) is 0. The molecule has 1 aliphatic rings. The number of thiazole rings is 1. The van der Waals surface area contributed by atoms with Gasteiger partial charge in [0.15, 0.2) is 5.13 Å². The molecule has 0 amide bonds. The number of para-hydroxylation sites is 1. The molecule has 18 heavy (non-hydrogen) atoms. The maximum atomic E-state index is 5.87. The average Bonchev–Trinajstić information content (AvgIpc) is 2.87. The normalized spacial score (nSPS) is 16.1. The van der Waals surface area contributed by atoms with Gasteiger partial charge in [-0.05, 0) is 12.1 Å². The third-order valence-corrected chi connectivity index (χ3v) is 4.36. The number of aromatic nitrogens is 1. The van der Waals surface area contributed by atoms with Crippen LogP contribution in [0.2, 0.25) is 5.15 Å². The molecule has 0 aliphatic carbocycles. The van der Waals surface area contributed by atoms with Crippen LogP contribution in [0.1, 0.15) is 0 Å². The van der Waals surface area contributed by atoms with E-state index in [1.54, 1.807) is 11.3 Å². The lowest BCUT2D eigenvalue weighted by Gasteiger charge is -2.35. The monoisotopic (exact) mass is 279 g/mol. The van der Waals surface area contributed by atoms with Gasteiger partial charge in [-0.1, -0.05) is 29.8 Å². The number of halogens is 1. The summed E-state index contributed by atoms with van der Waals surface area (Å²) in [5, 5.41) is 3.52. The lowest BCUT2D eigenvalue weighted by Crippen LogP contribution is -2.46. The van der Waals surface area contributed by atoms with Gasteiger partial charge in [-0.25, -0.2) is 4.98 Å². The molecule has 2 aromatic rings. The molecule has 1 fully saturated rings. The number of benzene rings is 1. The van der Waals surface area contributed by atoms with E-state index >= 15 is 0 Å². The molecule has 94 valence electrons. The third kappa shape index (κ3) is 2.44. The third-order valence-electron chi connectivity index (χ3n) is 3.14. The predicted octanol–water partition coefficient (Wildman–Crippen LogP) is 3.12. The number of hydrogen-bond donors (Lipinski definition) is 0. The van der Waals surface area contributed by atoms with Crippen molar-refractivity contribution in [1.29, 1.82) is 0 Å². The Balaban J connectivity index is 1.65. The summed E-state index contributed by atoms with van der Waals surface area (Å²) in [6.45, 7) is 4.06. The molecule has 0 spiro atoms. The van der Waals surface area contributed by atoms with E-state index in [0.717, 1.165) is 31.3 Å². The highest BCUT2D eigenvalue weighted by Crippen LogP contribution is 2.25. The van der Waals surface area contributed by atoms with Crippen molar-refractivity contribution in [3.63, 3.8) is 0 Å². The fourth-order valence-electron chi connectivity index (χ4n) is 2.19. The van der Waals surface area contributed by atoms with Crippen molar-refractivity contribution in [2.45, 2.75) is 0 Å². The molecule has 3 rings (SSSR count). The molecule has 1 aromatic heterocycles. The topological polar surface area (TPSA) is 19.4 Å². The Kier molecular flexibility index (Phi) is 3.39. The highest BCUT2D eigenvalue weighted by atomic mass is 35.5. The molecular formula is C13H14ClN3S. The Hall–Kier alpha value is -1.26. The summed E-state index contributed by atoms with van der Waals surface area (Å²) in [7, 11) is 0. The molecule has 0 bridgehead atoms. The van der Waals surface area contributed by atoms with E-state index in [1.165, 1.54) is 5.69 Å². The van der Waals surface area contributed by atoms with Gasteiger partial charge in [0, 0.05) is 37.2 Å². The zero-order valence-corrected chi connectivity index (χ0v) is 11.5. The van der Waals surface area contributed by atoms with Gasteiger partial charge in [-0.15, -0.1) is 11.3 Å². The molecule has 0 saturated carbocycles. The van der Waals surface area contributed by atoms with Crippen LogP contribution in [0.25, 0.3) is 0 Å². The quantitative estimate of drug-likeness (QED) is 0.842. The lowest BCUT2D eigenvalue weighted by molar-refractivity contribution is 0.652. The van der Waals surface area contributed by atoms with E-state index in [1.807, 2.05) is 5.38 Å². The van der Waals surface area contributed by atoms with Crippen LogP contribution < -0.4 is 9.80 Å². The first kappa shape index (κ1) is 11.8. The number of anilines is 2. The predicted molar refractivity (Wildman–Crippen MR) is 78.0 cm³/mol. The van der Waals surface area contributed by atoms with Crippen molar-refractivity contribution >= 4 is 33.8 Å². The molecule has 1 saturated heterocycles. The van der Waals surface area contributed by atoms with E-state index < -0.39 is 0 Å². The fourth-order valence-corrected chi connectivity index (χ4v) is 3.19. The van der Waals surface area contributed by atoms with E-state index in [2.05, 4.69) is 45.1 Å².